The Morgan fingerprint density at radius 1 is 1.32 bits per heavy atom. The van der Waals surface area contributed by atoms with Crippen LogP contribution in [0.25, 0.3) is 0 Å². The van der Waals surface area contributed by atoms with E-state index in [9.17, 15) is 9.59 Å². The zero-order valence-corrected chi connectivity index (χ0v) is 14.2. The van der Waals surface area contributed by atoms with Gasteiger partial charge in [0, 0.05) is 25.3 Å². The minimum Gasteiger partial charge on any atom is -0.353 e. The van der Waals surface area contributed by atoms with E-state index in [2.05, 4.69) is 4.98 Å². The van der Waals surface area contributed by atoms with Gasteiger partial charge in [-0.3, -0.25) is 14.3 Å². The maximum atomic E-state index is 12.1. The molecular formula is C16H22N2O7. The van der Waals surface area contributed by atoms with Gasteiger partial charge in [-0.1, -0.05) is 0 Å². The normalized spacial score (nSPS) is 36.6. The zero-order chi connectivity index (χ0) is 17.6. The lowest BCUT2D eigenvalue weighted by molar-refractivity contribution is -0.211. The van der Waals surface area contributed by atoms with E-state index in [1.807, 2.05) is 13.8 Å². The Hall–Kier alpha value is -1.52. The molecular weight excluding hydrogens is 332 g/mol. The van der Waals surface area contributed by atoms with Crippen LogP contribution < -0.4 is 11.2 Å². The Balaban J connectivity index is 1.55. The molecule has 1 unspecified atom stereocenters. The number of hydrogen-bond acceptors (Lipinski definition) is 7. The van der Waals surface area contributed by atoms with Gasteiger partial charge >= 0.3 is 5.69 Å². The second kappa shape index (κ2) is 6.33. The topological polar surface area (TPSA) is 101 Å². The SMILES string of the molecule is CC1(C)O[C@@H]2[C@H](O1)[C@@H](COC1CCCO1)O[C@H]2n1ccc(=O)[nH]c1=O. The molecule has 4 rings (SSSR count). The molecule has 1 aromatic heterocycles. The predicted molar refractivity (Wildman–Crippen MR) is 84.0 cm³/mol. The first-order valence-electron chi connectivity index (χ1n) is 8.49. The highest BCUT2D eigenvalue weighted by Crippen LogP contribution is 2.42. The minimum absolute atomic E-state index is 0.229. The van der Waals surface area contributed by atoms with E-state index in [-0.39, 0.29) is 19.0 Å². The van der Waals surface area contributed by atoms with Crippen molar-refractivity contribution in [2.45, 2.75) is 63.3 Å². The van der Waals surface area contributed by atoms with Crippen LogP contribution >= 0.6 is 0 Å². The van der Waals surface area contributed by atoms with Gasteiger partial charge < -0.3 is 23.7 Å². The predicted octanol–water partition coefficient (Wildman–Crippen LogP) is 0.107. The van der Waals surface area contributed by atoms with Crippen molar-refractivity contribution in [2.75, 3.05) is 13.2 Å². The van der Waals surface area contributed by atoms with Crippen molar-refractivity contribution in [2.24, 2.45) is 0 Å². The molecule has 0 saturated carbocycles. The number of aromatic nitrogens is 2. The number of hydrogen-bond donors (Lipinski definition) is 1. The minimum atomic E-state index is -0.786. The van der Waals surface area contributed by atoms with E-state index in [1.165, 1.54) is 16.8 Å². The lowest BCUT2D eigenvalue weighted by atomic mass is 10.1. The van der Waals surface area contributed by atoms with Crippen LogP contribution in [0.2, 0.25) is 0 Å². The lowest BCUT2D eigenvalue weighted by Gasteiger charge is -2.25. The largest absolute Gasteiger partial charge is 0.353 e. The summed E-state index contributed by atoms with van der Waals surface area (Å²) in [6.45, 7) is 4.61. The molecule has 3 aliphatic rings. The van der Waals surface area contributed by atoms with E-state index >= 15 is 0 Å². The van der Waals surface area contributed by atoms with Gasteiger partial charge in [0.1, 0.15) is 18.3 Å². The second-order valence-electron chi connectivity index (χ2n) is 6.92. The summed E-state index contributed by atoms with van der Waals surface area (Å²) in [5.41, 5.74) is -1.01. The van der Waals surface area contributed by atoms with Crippen LogP contribution in [0.15, 0.2) is 21.9 Å². The number of nitrogens with one attached hydrogen (secondary N) is 1. The van der Waals surface area contributed by atoms with Crippen LogP contribution in [0.3, 0.4) is 0 Å². The summed E-state index contributed by atoms with van der Waals surface area (Å²) in [5.74, 6) is -0.786. The van der Waals surface area contributed by atoms with E-state index in [0.717, 1.165) is 12.8 Å². The number of ether oxygens (including phenoxy) is 5. The summed E-state index contributed by atoms with van der Waals surface area (Å²) >= 11 is 0. The lowest BCUT2D eigenvalue weighted by Crippen LogP contribution is -2.37. The summed E-state index contributed by atoms with van der Waals surface area (Å²) in [6, 6.07) is 1.27. The number of fused-ring (bicyclic) bond motifs is 1. The average Bonchev–Trinajstić information content (AvgIpc) is 3.22. The molecule has 0 radical (unpaired) electrons. The van der Waals surface area contributed by atoms with Gasteiger partial charge in [-0.2, -0.15) is 0 Å². The van der Waals surface area contributed by atoms with Crippen molar-refractivity contribution < 1.29 is 23.7 Å². The third-order valence-electron chi connectivity index (χ3n) is 4.58. The first-order chi connectivity index (χ1) is 11.9. The molecule has 0 bridgehead atoms. The summed E-state index contributed by atoms with van der Waals surface area (Å²) in [5, 5.41) is 0. The van der Waals surface area contributed by atoms with Crippen LogP contribution in [0.1, 0.15) is 32.9 Å². The molecule has 3 saturated heterocycles. The quantitative estimate of drug-likeness (QED) is 0.819. The summed E-state index contributed by atoms with van der Waals surface area (Å²) in [4.78, 5) is 25.7. The molecule has 1 N–H and O–H groups in total. The van der Waals surface area contributed by atoms with Crippen molar-refractivity contribution in [1.29, 1.82) is 0 Å². The maximum absolute atomic E-state index is 12.1. The zero-order valence-electron chi connectivity index (χ0n) is 14.2. The average molecular weight is 354 g/mol. The fourth-order valence-corrected chi connectivity index (χ4v) is 3.53. The van der Waals surface area contributed by atoms with Gasteiger partial charge in [-0.15, -0.1) is 0 Å². The maximum Gasteiger partial charge on any atom is 0.330 e. The van der Waals surface area contributed by atoms with Crippen molar-refractivity contribution in [3.8, 4) is 0 Å². The van der Waals surface area contributed by atoms with Crippen LogP contribution in [0, 0.1) is 0 Å². The van der Waals surface area contributed by atoms with E-state index in [1.54, 1.807) is 0 Å². The van der Waals surface area contributed by atoms with E-state index in [4.69, 9.17) is 23.7 Å². The Bertz CT molecular complexity index is 736. The standard InChI is InChI=1S/C16H22N2O7/c1-16(2)24-12-9(8-22-11-4-3-7-21-11)23-14(13(12)25-16)18-6-5-10(19)17-15(18)20/h5-6,9,11-14H,3-4,7-8H2,1-2H3,(H,17,19,20)/t9-,11?,12-,13-,14-/m1/s1. The van der Waals surface area contributed by atoms with Crippen LogP contribution in [-0.4, -0.2) is 53.2 Å². The fourth-order valence-electron chi connectivity index (χ4n) is 3.53. The number of rotatable bonds is 4. The van der Waals surface area contributed by atoms with Crippen molar-refractivity contribution in [3.63, 3.8) is 0 Å². The first-order valence-corrected chi connectivity index (χ1v) is 8.49. The third kappa shape index (κ3) is 3.30. The number of H-pyrrole nitrogens is 1. The Labute approximate surface area is 143 Å². The monoisotopic (exact) mass is 354 g/mol. The van der Waals surface area contributed by atoms with Gasteiger partial charge in [0.2, 0.25) is 0 Å². The molecule has 25 heavy (non-hydrogen) atoms. The molecule has 4 heterocycles. The molecule has 9 heteroatoms. The van der Waals surface area contributed by atoms with Gasteiger partial charge in [0.25, 0.3) is 5.56 Å². The molecule has 1 aromatic rings. The highest BCUT2D eigenvalue weighted by atomic mass is 16.8. The molecule has 3 aliphatic heterocycles. The van der Waals surface area contributed by atoms with Crippen LogP contribution in [-0.2, 0) is 23.7 Å². The Morgan fingerprint density at radius 3 is 2.84 bits per heavy atom. The van der Waals surface area contributed by atoms with Gasteiger partial charge in [0.05, 0.1) is 6.61 Å². The van der Waals surface area contributed by atoms with Crippen LogP contribution in [0.5, 0.6) is 0 Å². The van der Waals surface area contributed by atoms with Crippen LogP contribution in [0.4, 0.5) is 0 Å². The van der Waals surface area contributed by atoms with Crippen molar-refractivity contribution in [3.05, 3.63) is 33.1 Å². The molecule has 0 aliphatic carbocycles. The van der Waals surface area contributed by atoms with E-state index < -0.39 is 35.5 Å². The first kappa shape index (κ1) is 16.9. The number of nitrogens with zero attached hydrogens (tertiary/aromatic N) is 1. The molecule has 0 spiro atoms. The summed E-state index contributed by atoms with van der Waals surface area (Å²) < 4.78 is 30.4. The Kier molecular flexibility index (Phi) is 4.28. The summed E-state index contributed by atoms with van der Waals surface area (Å²) in [6.07, 6.45) is 1.05. The molecule has 138 valence electrons. The van der Waals surface area contributed by atoms with Crippen molar-refractivity contribution in [1.82, 2.24) is 9.55 Å². The van der Waals surface area contributed by atoms with Gasteiger partial charge in [-0.25, -0.2) is 4.79 Å². The van der Waals surface area contributed by atoms with Gasteiger partial charge in [0.15, 0.2) is 18.3 Å². The highest BCUT2D eigenvalue weighted by molar-refractivity contribution is 4.98. The van der Waals surface area contributed by atoms with Gasteiger partial charge in [-0.05, 0) is 20.3 Å². The van der Waals surface area contributed by atoms with Crippen molar-refractivity contribution >= 4 is 0 Å². The smallest absolute Gasteiger partial charge is 0.330 e. The molecule has 0 aromatic carbocycles. The fraction of sp³-hybridized carbons (Fsp3) is 0.750. The van der Waals surface area contributed by atoms with E-state index in [0.29, 0.717) is 6.61 Å². The highest BCUT2D eigenvalue weighted by Gasteiger charge is 2.56. The molecule has 5 atom stereocenters. The number of aromatic amines is 1. The molecule has 9 nitrogen and oxygen atoms in total. The second-order valence-corrected chi connectivity index (χ2v) is 6.92. The summed E-state index contributed by atoms with van der Waals surface area (Å²) in [7, 11) is 0. The third-order valence-corrected chi connectivity index (χ3v) is 4.58. The molecule has 3 fully saturated rings. The Morgan fingerprint density at radius 2 is 2.12 bits per heavy atom. The molecule has 0 amide bonds.